The van der Waals surface area contributed by atoms with Gasteiger partial charge in [0, 0.05) is 13.0 Å². The number of hydrogen-bond donors (Lipinski definition) is 0. The molecule has 9 heteroatoms. The zero-order valence-electron chi connectivity index (χ0n) is 44.1. The molecule has 0 bridgehead atoms. The Morgan fingerprint density at radius 1 is 0.478 bits per heavy atom. The highest BCUT2D eigenvalue weighted by atomic mass is 31.2. The number of nitrogens with zero attached hydrogens (tertiary/aromatic N) is 1. The van der Waals surface area contributed by atoms with Crippen LogP contribution >= 0.6 is 7.82 Å². The molecule has 0 aromatic rings. The largest absolute Gasteiger partial charge is 0.756 e. The number of esters is 1. The van der Waals surface area contributed by atoms with E-state index in [0.29, 0.717) is 24.1 Å². The van der Waals surface area contributed by atoms with Crippen LogP contribution in [-0.2, 0) is 27.9 Å². The number of phosphoric ester groups is 1. The molecule has 0 fully saturated rings. The van der Waals surface area contributed by atoms with E-state index >= 15 is 0 Å². The number of likely N-dealkylation sites (N-methyl/N-ethyl adjacent to an activating group) is 1. The quantitative estimate of drug-likeness (QED) is 0.0197. The Balaban J connectivity index is 4.20. The van der Waals surface area contributed by atoms with Crippen LogP contribution in [0.25, 0.3) is 0 Å². The fraction of sp³-hybridized carbons (Fsp3) is 0.741. The molecule has 0 radical (unpaired) electrons. The molecule has 0 spiro atoms. The number of allylic oxidation sites excluding steroid dienone is 14. The number of carbonyl (C=O) groups is 1. The third kappa shape index (κ3) is 54.5. The number of rotatable bonds is 50. The molecule has 0 saturated carbocycles. The predicted octanol–water partition coefficient (Wildman–Crippen LogP) is 16.5. The van der Waals surface area contributed by atoms with Crippen LogP contribution in [0.5, 0.6) is 0 Å². The van der Waals surface area contributed by atoms with Crippen LogP contribution in [0.2, 0.25) is 0 Å². The Kier molecular flexibility index (Phi) is 48.3. The molecule has 8 nitrogen and oxygen atoms in total. The van der Waals surface area contributed by atoms with Crippen LogP contribution in [0, 0.1) is 0 Å². The van der Waals surface area contributed by atoms with Gasteiger partial charge in [0.25, 0.3) is 7.82 Å². The van der Waals surface area contributed by atoms with Gasteiger partial charge in [0.15, 0.2) is 0 Å². The van der Waals surface area contributed by atoms with E-state index in [0.717, 1.165) is 77.0 Å². The smallest absolute Gasteiger partial charge is 0.306 e. The lowest BCUT2D eigenvalue weighted by molar-refractivity contribution is -0.870. The summed E-state index contributed by atoms with van der Waals surface area (Å²) in [4.78, 5) is 25.2. The predicted molar refractivity (Wildman–Crippen MR) is 286 cm³/mol. The number of quaternary nitrogens is 1. The second-order valence-corrected chi connectivity index (χ2v) is 20.6. The number of phosphoric acid groups is 1. The molecule has 388 valence electrons. The number of hydrogen-bond acceptors (Lipinski definition) is 7. The molecule has 2 unspecified atom stereocenters. The molecule has 0 saturated heterocycles. The number of carbonyl (C=O) groups excluding carboxylic acids is 1. The maximum absolute atomic E-state index is 12.8. The van der Waals surface area contributed by atoms with Crippen molar-refractivity contribution in [1.29, 1.82) is 0 Å². The van der Waals surface area contributed by atoms with Crippen molar-refractivity contribution >= 4 is 13.8 Å². The standard InChI is InChI=1S/C58H104NO7P/c1-6-8-10-12-14-16-18-20-22-24-26-28-29-30-31-32-33-35-37-39-41-43-45-47-49-51-58(60)66-57(56-65-67(61,62)64-54-52-59(3,4)5)55-63-53-50-48-46-44-42-40-38-36-34-27-25-23-21-19-17-15-13-11-9-7-2/h8,10,14,16,20,22,26,28,30-31,33,35,39,41,57H,6-7,9,11-13,15,17-19,21,23-25,27,29,32,34,36-38,40,42-56H2,1-5H3/b10-8-,16-14-,22-20-,28-26-,31-30-,35-33-,41-39-. The molecule has 0 heterocycles. The van der Waals surface area contributed by atoms with Crippen molar-refractivity contribution < 1.29 is 37.3 Å². The van der Waals surface area contributed by atoms with Gasteiger partial charge in [-0.05, 0) is 70.6 Å². The summed E-state index contributed by atoms with van der Waals surface area (Å²) in [6, 6.07) is 0. The van der Waals surface area contributed by atoms with Gasteiger partial charge < -0.3 is 27.9 Å². The topological polar surface area (TPSA) is 94.1 Å². The van der Waals surface area contributed by atoms with Gasteiger partial charge in [-0.3, -0.25) is 9.36 Å². The van der Waals surface area contributed by atoms with Gasteiger partial charge in [-0.1, -0.05) is 227 Å². The molecule has 0 aromatic carbocycles. The lowest BCUT2D eigenvalue weighted by Gasteiger charge is -2.28. The molecule has 0 aromatic heterocycles. The van der Waals surface area contributed by atoms with Crippen LogP contribution < -0.4 is 4.89 Å². The van der Waals surface area contributed by atoms with Crippen molar-refractivity contribution in [3.63, 3.8) is 0 Å². The zero-order chi connectivity index (χ0) is 49.0. The fourth-order valence-electron chi connectivity index (χ4n) is 7.29. The van der Waals surface area contributed by atoms with E-state index in [4.69, 9.17) is 18.5 Å². The lowest BCUT2D eigenvalue weighted by Crippen LogP contribution is -2.37. The van der Waals surface area contributed by atoms with Crippen molar-refractivity contribution in [3.05, 3.63) is 85.1 Å². The summed E-state index contributed by atoms with van der Waals surface area (Å²) in [5, 5.41) is 0. The Morgan fingerprint density at radius 3 is 1.28 bits per heavy atom. The Morgan fingerprint density at radius 2 is 0.866 bits per heavy atom. The molecular weight excluding hydrogens is 854 g/mol. The highest BCUT2D eigenvalue weighted by molar-refractivity contribution is 7.45. The van der Waals surface area contributed by atoms with Crippen LogP contribution in [0.4, 0.5) is 0 Å². The summed E-state index contributed by atoms with van der Waals surface area (Å²) >= 11 is 0. The van der Waals surface area contributed by atoms with E-state index in [9.17, 15) is 14.3 Å². The average molecular weight is 958 g/mol. The summed E-state index contributed by atoms with van der Waals surface area (Å²) in [6.07, 6.45) is 67.6. The van der Waals surface area contributed by atoms with E-state index in [2.05, 4.69) is 98.9 Å². The summed E-state index contributed by atoms with van der Waals surface area (Å²) in [5.41, 5.74) is 0. The number of unbranched alkanes of at least 4 members (excludes halogenated alkanes) is 22. The molecule has 0 aliphatic rings. The van der Waals surface area contributed by atoms with Gasteiger partial charge in [-0.25, -0.2) is 0 Å². The zero-order valence-corrected chi connectivity index (χ0v) is 45.0. The van der Waals surface area contributed by atoms with E-state index in [-0.39, 0.29) is 32.2 Å². The average Bonchev–Trinajstić information content (AvgIpc) is 3.29. The van der Waals surface area contributed by atoms with Crippen LogP contribution in [0.3, 0.4) is 0 Å². The molecule has 2 atom stereocenters. The third-order valence-electron chi connectivity index (χ3n) is 11.5. The minimum atomic E-state index is -4.55. The van der Waals surface area contributed by atoms with Crippen molar-refractivity contribution in [1.82, 2.24) is 0 Å². The van der Waals surface area contributed by atoms with E-state index in [1.165, 1.54) is 116 Å². The summed E-state index contributed by atoms with van der Waals surface area (Å²) < 4.78 is 34.8. The Hall–Kier alpha value is -2.32. The molecule has 0 rings (SSSR count). The SMILES string of the molecule is CC/C=C\C/C=C\C/C=C\C/C=C\C/C=C\C/C=C\C/C=C\CCCCCC(=O)OC(COCCCCCCCCCCCCCCCCCCCCCC)COP(=O)([O-])OCC[N+](C)(C)C. The molecule has 67 heavy (non-hydrogen) atoms. The molecule has 0 N–H and O–H groups in total. The van der Waals surface area contributed by atoms with Gasteiger partial charge in [0.05, 0.1) is 34.4 Å². The summed E-state index contributed by atoms with van der Waals surface area (Å²) in [5.74, 6) is -0.365. The minimum absolute atomic E-state index is 0.0162. The second-order valence-electron chi connectivity index (χ2n) is 19.2. The van der Waals surface area contributed by atoms with Gasteiger partial charge in [0.1, 0.15) is 19.3 Å². The van der Waals surface area contributed by atoms with E-state index < -0.39 is 13.9 Å². The van der Waals surface area contributed by atoms with Crippen LogP contribution in [-0.4, -0.2) is 70.7 Å². The number of ether oxygens (including phenoxy) is 2. The first-order valence-electron chi connectivity index (χ1n) is 27.3. The van der Waals surface area contributed by atoms with Crippen molar-refractivity contribution in [2.45, 2.75) is 225 Å². The normalized spacial score (nSPS) is 14.2. The first kappa shape index (κ1) is 64.7. The van der Waals surface area contributed by atoms with Crippen molar-refractivity contribution in [2.75, 3.05) is 54.1 Å². The molecule has 0 amide bonds. The van der Waals surface area contributed by atoms with Gasteiger partial charge in [0.2, 0.25) is 0 Å². The highest BCUT2D eigenvalue weighted by Gasteiger charge is 2.20. The van der Waals surface area contributed by atoms with Crippen LogP contribution in [0.15, 0.2) is 85.1 Å². The summed E-state index contributed by atoms with van der Waals surface area (Å²) in [6.45, 7) is 5.27. The van der Waals surface area contributed by atoms with Gasteiger partial charge >= 0.3 is 5.97 Å². The van der Waals surface area contributed by atoms with Gasteiger partial charge in [-0.15, -0.1) is 0 Å². The Labute approximate surface area is 414 Å². The van der Waals surface area contributed by atoms with Gasteiger partial charge in [-0.2, -0.15) is 0 Å². The third-order valence-corrected chi connectivity index (χ3v) is 12.4. The monoisotopic (exact) mass is 958 g/mol. The Bertz CT molecular complexity index is 1340. The highest BCUT2D eigenvalue weighted by Crippen LogP contribution is 2.38. The maximum atomic E-state index is 12.8. The lowest BCUT2D eigenvalue weighted by atomic mass is 10.0. The van der Waals surface area contributed by atoms with Crippen molar-refractivity contribution in [3.8, 4) is 0 Å². The van der Waals surface area contributed by atoms with Crippen molar-refractivity contribution in [2.24, 2.45) is 0 Å². The first-order valence-corrected chi connectivity index (χ1v) is 28.8. The van der Waals surface area contributed by atoms with E-state index in [1.807, 2.05) is 21.1 Å². The second kappa shape index (κ2) is 50.1. The van der Waals surface area contributed by atoms with Crippen LogP contribution in [0.1, 0.15) is 219 Å². The minimum Gasteiger partial charge on any atom is -0.756 e. The molecular formula is C58H104NO7P. The molecule has 0 aliphatic heterocycles. The van der Waals surface area contributed by atoms with E-state index in [1.54, 1.807) is 0 Å². The summed E-state index contributed by atoms with van der Waals surface area (Å²) in [7, 11) is 1.33. The molecule has 0 aliphatic carbocycles. The first-order chi connectivity index (χ1) is 32.6. The maximum Gasteiger partial charge on any atom is 0.306 e. The fourth-order valence-corrected chi connectivity index (χ4v) is 8.02.